The lowest BCUT2D eigenvalue weighted by Crippen LogP contribution is -2.43. The molecule has 1 aliphatic heterocycles. The first-order valence-electron chi connectivity index (χ1n) is 10.4. The molecule has 0 aliphatic carbocycles. The zero-order chi connectivity index (χ0) is 21.1. The Bertz CT molecular complexity index is 1040. The number of aromatic nitrogens is 4. The van der Waals surface area contributed by atoms with Crippen LogP contribution >= 0.6 is 0 Å². The van der Waals surface area contributed by atoms with Crippen LogP contribution in [0.25, 0.3) is 5.78 Å². The number of amides is 1. The van der Waals surface area contributed by atoms with Gasteiger partial charge in [0.15, 0.2) is 5.82 Å². The smallest absolute Gasteiger partial charge is 0.252 e. The van der Waals surface area contributed by atoms with Crippen LogP contribution in [0.5, 0.6) is 0 Å². The summed E-state index contributed by atoms with van der Waals surface area (Å²) in [6, 6.07) is 10.4. The number of nitrogens with one attached hydrogen (secondary N) is 1. The Labute approximate surface area is 176 Å². The number of likely N-dealkylation sites (N-methyl/N-ethyl adjacent to an activating group) is 1. The van der Waals surface area contributed by atoms with E-state index in [-0.39, 0.29) is 12.3 Å². The molecule has 158 valence electrons. The molecule has 1 aromatic carbocycles. The van der Waals surface area contributed by atoms with Gasteiger partial charge < -0.3 is 10.2 Å². The molecule has 4 rings (SSSR count). The minimum Gasteiger partial charge on any atom is -0.352 e. The molecule has 8 heteroatoms. The van der Waals surface area contributed by atoms with Gasteiger partial charge >= 0.3 is 0 Å². The fraction of sp³-hybridized carbons (Fsp3) is 0.455. The normalized spacial score (nSPS) is 15.6. The summed E-state index contributed by atoms with van der Waals surface area (Å²) in [5, 5.41) is 7.39. The molecule has 0 atom stereocenters. The fourth-order valence-electron chi connectivity index (χ4n) is 3.79. The molecule has 0 saturated carbocycles. The third-order valence-electron chi connectivity index (χ3n) is 5.46. The predicted molar refractivity (Wildman–Crippen MR) is 115 cm³/mol. The fourth-order valence-corrected chi connectivity index (χ4v) is 3.79. The van der Waals surface area contributed by atoms with E-state index in [1.165, 1.54) is 5.56 Å². The average Bonchev–Trinajstić information content (AvgIpc) is 3.11. The lowest BCUT2D eigenvalue weighted by Gasteiger charge is -2.32. The van der Waals surface area contributed by atoms with E-state index in [1.54, 1.807) is 4.52 Å². The zero-order valence-corrected chi connectivity index (χ0v) is 17.9. The molecule has 1 fully saturated rings. The van der Waals surface area contributed by atoms with Crippen molar-refractivity contribution in [3.05, 3.63) is 58.7 Å². The molecule has 30 heavy (non-hydrogen) atoms. The number of carbonyl (C=O) groups excluding carboxylic acids is 1. The van der Waals surface area contributed by atoms with Gasteiger partial charge in [-0.15, -0.1) is 5.10 Å². The van der Waals surface area contributed by atoms with Crippen molar-refractivity contribution < 1.29 is 4.79 Å². The monoisotopic (exact) mass is 407 g/mol. The number of hydrogen-bond donors (Lipinski definition) is 1. The lowest BCUT2D eigenvalue weighted by atomic mass is 10.1. The van der Waals surface area contributed by atoms with Crippen molar-refractivity contribution in [2.75, 3.05) is 33.2 Å². The van der Waals surface area contributed by atoms with E-state index in [9.17, 15) is 4.79 Å². The van der Waals surface area contributed by atoms with Crippen molar-refractivity contribution in [2.24, 2.45) is 0 Å². The van der Waals surface area contributed by atoms with Crippen LogP contribution in [0.3, 0.4) is 0 Å². The number of benzene rings is 1. The van der Waals surface area contributed by atoms with Crippen LogP contribution in [0.4, 0.5) is 0 Å². The number of rotatable bonds is 6. The SMILES string of the molecule is Cc1cc(C)n2nc(CC(=O)NCc3cccc(CN4CCN(C)CC4)c3)nc2n1. The van der Waals surface area contributed by atoms with Gasteiger partial charge in [0.25, 0.3) is 5.78 Å². The lowest BCUT2D eigenvalue weighted by molar-refractivity contribution is -0.120. The zero-order valence-electron chi connectivity index (χ0n) is 17.9. The number of hydrogen-bond acceptors (Lipinski definition) is 6. The molecule has 1 saturated heterocycles. The van der Waals surface area contributed by atoms with Crippen LogP contribution in [-0.2, 0) is 24.3 Å². The molecule has 3 heterocycles. The summed E-state index contributed by atoms with van der Waals surface area (Å²) < 4.78 is 1.68. The molecule has 0 radical (unpaired) electrons. The summed E-state index contributed by atoms with van der Waals surface area (Å²) in [6.45, 7) is 9.74. The first-order chi connectivity index (χ1) is 14.5. The van der Waals surface area contributed by atoms with E-state index >= 15 is 0 Å². The van der Waals surface area contributed by atoms with E-state index in [0.29, 0.717) is 18.1 Å². The molecule has 0 spiro atoms. The van der Waals surface area contributed by atoms with Gasteiger partial charge in [0, 0.05) is 50.7 Å². The third kappa shape index (κ3) is 5.01. The summed E-state index contributed by atoms with van der Waals surface area (Å²) in [4.78, 5) is 26.0. The van der Waals surface area contributed by atoms with Crippen molar-refractivity contribution in [1.82, 2.24) is 34.7 Å². The molecular weight excluding hydrogens is 378 g/mol. The largest absolute Gasteiger partial charge is 0.352 e. The second-order valence-corrected chi connectivity index (χ2v) is 8.13. The highest BCUT2D eigenvalue weighted by atomic mass is 16.1. The van der Waals surface area contributed by atoms with E-state index in [4.69, 9.17) is 0 Å². The molecule has 0 bridgehead atoms. The minimum absolute atomic E-state index is 0.0928. The van der Waals surface area contributed by atoms with Crippen LogP contribution in [0.2, 0.25) is 0 Å². The van der Waals surface area contributed by atoms with Crippen molar-refractivity contribution in [3.63, 3.8) is 0 Å². The van der Waals surface area contributed by atoms with Gasteiger partial charge in [-0.3, -0.25) is 9.69 Å². The predicted octanol–water partition coefficient (Wildman–Crippen LogP) is 1.35. The van der Waals surface area contributed by atoms with Gasteiger partial charge in [0.2, 0.25) is 5.91 Å². The maximum absolute atomic E-state index is 12.4. The molecule has 1 amide bonds. The molecule has 2 aromatic heterocycles. The minimum atomic E-state index is -0.0928. The molecule has 0 unspecified atom stereocenters. The molecule has 8 nitrogen and oxygen atoms in total. The van der Waals surface area contributed by atoms with Crippen molar-refractivity contribution >= 4 is 11.7 Å². The Morgan fingerprint density at radius 3 is 2.63 bits per heavy atom. The number of fused-ring (bicyclic) bond motifs is 1. The number of piperazine rings is 1. The van der Waals surface area contributed by atoms with Gasteiger partial charge in [0.05, 0.1) is 6.42 Å². The van der Waals surface area contributed by atoms with Gasteiger partial charge in [-0.05, 0) is 38.1 Å². The summed E-state index contributed by atoms with van der Waals surface area (Å²) in [7, 11) is 2.17. The third-order valence-corrected chi connectivity index (χ3v) is 5.46. The highest BCUT2D eigenvalue weighted by Crippen LogP contribution is 2.11. The van der Waals surface area contributed by atoms with Crippen LogP contribution in [0.1, 0.15) is 28.3 Å². The van der Waals surface area contributed by atoms with Crippen LogP contribution in [-0.4, -0.2) is 68.5 Å². The summed E-state index contributed by atoms with van der Waals surface area (Å²) in [5.74, 6) is 0.925. The maximum atomic E-state index is 12.4. The second-order valence-electron chi connectivity index (χ2n) is 8.13. The van der Waals surface area contributed by atoms with E-state index in [0.717, 1.165) is 49.7 Å². The Morgan fingerprint density at radius 1 is 1.07 bits per heavy atom. The number of aryl methyl sites for hydroxylation is 2. The van der Waals surface area contributed by atoms with Gasteiger partial charge in [0.1, 0.15) is 0 Å². The molecule has 3 aromatic rings. The maximum Gasteiger partial charge on any atom is 0.252 e. The summed E-state index contributed by atoms with van der Waals surface area (Å²) in [6.07, 6.45) is 0.142. The summed E-state index contributed by atoms with van der Waals surface area (Å²) >= 11 is 0. The van der Waals surface area contributed by atoms with Crippen molar-refractivity contribution in [2.45, 2.75) is 33.4 Å². The van der Waals surface area contributed by atoms with E-state index in [2.05, 4.69) is 55.4 Å². The topological polar surface area (TPSA) is 78.7 Å². The first-order valence-corrected chi connectivity index (χ1v) is 10.4. The first kappa shape index (κ1) is 20.4. The van der Waals surface area contributed by atoms with Crippen molar-refractivity contribution in [3.8, 4) is 0 Å². The Kier molecular flexibility index (Phi) is 6.06. The Hall–Kier alpha value is -2.84. The average molecular weight is 408 g/mol. The molecule has 1 N–H and O–H groups in total. The van der Waals surface area contributed by atoms with Gasteiger partial charge in [-0.1, -0.05) is 24.3 Å². The Morgan fingerprint density at radius 2 is 1.83 bits per heavy atom. The summed E-state index contributed by atoms with van der Waals surface area (Å²) in [5.41, 5.74) is 4.23. The van der Waals surface area contributed by atoms with E-state index < -0.39 is 0 Å². The standard InChI is InChI=1S/C22H29N7O/c1-16-11-17(2)29-22(24-16)25-20(26-29)13-21(30)23-14-18-5-4-6-19(12-18)15-28-9-7-27(3)8-10-28/h4-6,11-12H,7-10,13-15H2,1-3H3,(H,23,30). The van der Waals surface area contributed by atoms with E-state index in [1.807, 2.05) is 26.0 Å². The van der Waals surface area contributed by atoms with Crippen LogP contribution in [0, 0.1) is 13.8 Å². The van der Waals surface area contributed by atoms with Crippen LogP contribution < -0.4 is 5.32 Å². The molecular formula is C22H29N7O. The Balaban J connectivity index is 1.32. The quantitative estimate of drug-likeness (QED) is 0.665. The number of carbonyl (C=O) groups is 1. The van der Waals surface area contributed by atoms with Gasteiger partial charge in [-0.2, -0.15) is 4.98 Å². The van der Waals surface area contributed by atoms with Crippen molar-refractivity contribution in [1.29, 1.82) is 0 Å². The second kappa shape index (κ2) is 8.89. The molecule has 1 aliphatic rings. The number of nitrogens with zero attached hydrogens (tertiary/aromatic N) is 6. The highest BCUT2D eigenvalue weighted by molar-refractivity contribution is 5.77. The highest BCUT2D eigenvalue weighted by Gasteiger charge is 2.14. The van der Waals surface area contributed by atoms with Crippen LogP contribution in [0.15, 0.2) is 30.3 Å². The van der Waals surface area contributed by atoms with Gasteiger partial charge in [-0.25, -0.2) is 9.50 Å².